The molecule has 1 unspecified atom stereocenters. The Kier molecular flexibility index (Phi) is 3.72. The number of carboxylic acids is 1. The van der Waals surface area contributed by atoms with Crippen LogP contribution < -0.4 is 0 Å². The molecule has 0 saturated heterocycles. The molecule has 2 nitrogen and oxygen atoms in total. The van der Waals surface area contributed by atoms with E-state index in [-0.39, 0.29) is 0 Å². The van der Waals surface area contributed by atoms with E-state index in [1.54, 1.807) is 30.3 Å². The number of rotatable bonds is 3. The first-order chi connectivity index (χ1) is 9.76. The van der Waals surface area contributed by atoms with E-state index in [0.29, 0.717) is 5.56 Å². The Bertz CT molecular complexity index is 635. The van der Waals surface area contributed by atoms with Crippen LogP contribution in [0.1, 0.15) is 5.56 Å². The zero-order valence-corrected chi connectivity index (χ0v) is 10.6. The Morgan fingerprint density at radius 3 is 1.71 bits per heavy atom. The second-order valence-electron chi connectivity index (χ2n) is 4.40. The maximum atomic E-state index is 14.0. The minimum atomic E-state index is -5.53. The largest absolute Gasteiger partial charge is 0.478 e. The first-order valence-electron chi connectivity index (χ1n) is 5.92. The molecule has 21 heavy (non-hydrogen) atoms. The standard InChI is InChI=1S/C15H10F4O2/c16-14(13(20)21,15(17,18)19)12-8-6-11(7-9-12)10-4-2-1-3-5-10/h1-9H,(H,20,21). The molecular formula is C15H10F4O2. The van der Waals surface area contributed by atoms with Gasteiger partial charge in [-0.25, -0.2) is 9.18 Å². The number of aliphatic carboxylic acids is 1. The van der Waals surface area contributed by atoms with E-state index in [0.717, 1.165) is 17.7 Å². The molecule has 0 bridgehead atoms. The molecule has 110 valence electrons. The number of halogens is 4. The van der Waals surface area contributed by atoms with Gasteiger partial charge in [0.15, 0.2) is 0 Å². The van der Waals surface area contributed by atoms with Crippen LogP contribution in [0.25, 0.3) is 11.1 Å². The van der Waals surface area contributed by atoms with Crippen LogP contribution in [0.2, 0.25) is 0 Å². The van der Waals surface area contributed by atoms with Crippen molar-refractivity contribution in [1.82, 2.24) is 0 Å². The molecule has 0 aliphatic carbocycles. The fraction of sp³-hybridized carbons (Fsp3) is 0.133. The fourth-order valence-corrected chi connectivity index (χ4v) is 1.93. The van der Waals surface area contributed by atoms with E-state index in [9.17, 15) is 22.4 Å². The summed E-state index contributed by atoms with van der Waals surface area (Å²) in [4.78, 5) is 10.7. The second-order valence-corrected chi connectivity index (χ2v) is 4.40. The van der Waals surface area contributed by atoms with E-state index in [2.05, 4.69) is 0 Å². The molecule has 1 N–H and O–H groups in total. The number of carboxylic acid groups (broad SMARTS) is 1. The van der Waals surface area contributed by atoms with Gasteiger partial charge in [-0.2, -0.15) is 13.2 Å². The summed E-state index contributed by atoms with van der Waals surface area (Å²) in [5.74, 6) is -2.58. The van der Waals surface area contributed by atoms with Gasteiger partial charge in [0.05, 0.1) is 0 Å². The Labute approximate surface area is 117 Å². The summed E-state index contributed by atoms with van der Waals surface area (Å²) < 4.78 is 52.1. The monoisotopic (exact) mass is 298 g/mol. The molecule has 0 aliphatic rings. The van der Waals surface area contributed by atoms with Crippen LogP contribution in [0.5, 0.6) is 0 Å². The second kappa shape index (κ2) is 5.20. The Hall–Kier alpha value is -2.37. The molecule has 0 spiro atoms. The predicted molar refractivity (Wildman–Crippen MR) is 68.4 cm³/mol. The summed E-state index contributed by atoms with van der Waals surface area (Å²) in [6.45, 7) is 0. The molecule has 0 saturated carbocycles. The normalized spacial score (nSPS) is 14.5. The maximum absolute atomic E-state index is 14.0. The molecule has 2 aromatic rings. The number of benzene rings is 2. The highest BCUT2D eigenvalue weighted by Crippen LogP contribution is 2.43. The lowest BCUT2D eigenvalue weighted by Crippen LogP contribution is -2.45. The predicted octanol–water partition coefficient (Wildman–Crippen LogP) is 4.17. The molecule has 0 aliphatic heterocycles. The SMILES string of the molecule is O=C(O)C(F)(c1ccc(-c2ccccc2)cc1)C(F)(F)F. The molecule has 2 aromatic carbocycles. The Balaban J connectivity index is 2.45. The smallest absolute Gasteiger partial charge is 0.437 e. The van der Waals surface area contributed by atoms with Crippen LogP contribution in [0.4, 0.5) is 17.6 Å². The topological polar surface area (TPSA) is 37.3 Å². The lowest BCUT2D eigenvalue weighted by Gasteiger charge is -2.24. The third-order valence-electron chi connectivity index (χ3n) is 3.08. The highest BCUT2D eigenvalue weighted by molar-refractivity contribution is 5.81. The van der Waals surface area contributed by atoms with Gasteiger partial charge in [0, 0.05) is 5.56 Å². The van der Waals surface area contributed by atoms with Gasteiger partial charge in [-0.1, -0.05) is 54.6 Å². The van der Waals surface area contributed by atoms with Gasteiger partial charge in [-0.05, 0) is 11.1 Å². The average molecular weight is 298 g/mol. The van der Waals surface area contributed by atoms with Gasteiger partial charge in [-0.15, -0.1) is 0 Å². The van der Waals surface area contributed by atoms with Gasteiger partial charge in [0.25, 0.3) is 0 Å². The van der Waals surface area contributed by atoms with Crippen molar-refractivity contribution in [2.45, 2.75) is 11.8 Å². The third kappa shape index (κ3) is 2.61. The van der Waals surface area contributed by atoms with Crippen molar-refractivity contribution in [1.29, 1.82) is 0 Å². The highest BCUT2D eigenvalue weighted by Gasteiger charge is 2.63. The summed E-state index contributed by atoms with van der Waals surface area (Å²) >= 11 is 0. The minimum absolute atomic E-state index is 0.564. The molecule has 0 heterocycles. The number of carbonyl (C=O) groups is 1. The molecule has 0 fully saturated rings. The first kappa shape index (κ1) is 15.0. The first-order valence-corrected chi connectivity index (χ1v) is 5.92. The van der Waals surface area contributed by atoms with Crippen molar-refractivity contribution < 1.29 is 27.5 Å². The van der Waals surface area contributed by atoms with E-state index in [1.165, 1.54) is 12.1 Å². The summed E-state index contributed by atoms with van der Waals surface area (Å²) in [5, 5.41) is 8.61. The van der Waals surface area contributed by atoms with Crippen LogP contribution in [0.15, 0.2) is 54.6 Å². The quantitative estimate of drug-likeness (QED) is 0.864. The van der Waals surface area contributed by atoms with Gasteiger partial charge < -0.3 is 5.11 Å². The van der Waals surface area contributed by atoms with E-state index >= 15 is 0 Å². The van der Waals surface area contributed by atoms with Crippen molar-refractivity contribution >= 4 is 5.97 Å². The summed E-state index contributed by atoms with van der Waals surface area (Å²) in [5.41, 5.74) is -4.07. The Morgan fingerprint density at radius 1 is 0.810 bits per heavy atom. The van der Waals surface area contributed by atoms with Crippen LogP contribution in [0, 0.1) is 0 Å². The van der Waals surface area contributed by atoms with E-state index in [1.807, 2.05) is 0 Å². The fourth-order valence-electron chi connectivity index (χ4n) is 1.93. The lowest BCUT2D eigenvalue weighted by atomic mass is 9.93. The molecule has 1 atom stereocenters. The average Bonchev–Trinajstić information content (AvgIpc) is 2.46. The summed E-state index contributed by atoms with van der Waals surface area (Å²) in [7, 11) is 0. The van der Waals surface area contributed by atoms with Gasteiger partial charge >= 0.3 is 17.8 Å². The van der Waals surface area contributed by atoms with Crippen molar-refractivity contribution in [2.75, 3.05) is 0 Å². The van der Waals surface area contributed by atoms with Gasteiger partial charge in [-0.3, -0.25) is 0 Å². The zero-order valence-electron chi connectivity index (χ0n) is 10.6. The van der Waals surface area contributed by atoms with Gasteiger partial charge in [0.1, 0.15) is 0 Å². The molecule has 2 rings (SSSR count). The minimum Gasteiger partial charge on any atom is -0.478 e. The third-order valence-corrected chi connectivity index (χ3v) is 3.08. The zero-order chi connectivity index (χ0) is 15.7. The van der Waals surface area contributed by atoms with Crippen LogP contribution in [-0.2, 0) is 10.5 Å². The number of alkyl halides is 4. The molecular weight excluding hydrogens is 288 g/mol. The maximum Gasteiger partial charge on any atom is 0.437 e. The molecule has 0 aromatic heterocycles. The number of hydrogen-bond acceptors (Lipinski definition) is 1. The van der Waals surface area contributed by atoms with E-state index < -0.39 is 23.4 Å². The van der Waals surface area contributed by atoms with Crippen LogP contribution in [-0.4, -0.2) is 17.3 Å². The van der Waals surface area contributed by atoms with Gasteiger partial charge in [0.2, 0.25) is 0 Å². The highest BCUT2D eigenvalue weighted by atomic mass is 19.4. The van der Waals surface area contributed by atoms with Crippen LogP contribution in [0.3, 0.4) is 0 Å². The molecule has 6 heteroatoms. The van der Waals surface area contributed by atoms with Crippen molar-refractivity contribution in [3.63, 3.8) is 0 Å². The number of hydrogen-bond donors (Lipinski definition) is 1. The van der Waals surface area contributed by atoms with E-state index in [4.69, 9.17) is 5.11 Å². The van der Waals surface area contributed by atoms with Crippen molar-refractivity contribution in [3.05, 3.63) is 60.2 Å². The Morgan fingerprint density at radius 2 is 1.29 bits per heavy atom. The van der Waals surface area contributed by atoms with Crippen LogP contribution >= 0.6 is 0 Å². The van der Waals surface area contributed by atoms with Crippen molar-refractivity contribution in [3.8, 4) is 11.1 Å². The summed E-state index contributed by atoms with van der Waals surface area (Å²) in [6, 6.07) is 12.9. The van der Waals surface area contributed by atoms with Crippen molar-refractivity contribution in [2.24, 2.45) is 0 Å². The molecule has 0 radical (unpaired) electrons. The molecule has 0 amide bonds. The summed E-state index contributed by atoms with van der Waals surface area (Å²) in [6.07, 6.45) is -5.53. The lowest BCUT2D eigenvalue weighted by molar-refractivity contribution is -0.240.